The van der Waals surface area contributed by atoms with E-state index in [1.807, 2.05) is 0 Å². The van der Waals surface area contributed by atoms with Gasteiger partial charge in [0.25, 0.3) is 0 Å². The molecule has 0 aliphatic heterocycles. The minimum absolute atomic E-state index is 0.213. The molecule has 0 radical (unpaired) electrons. The molecule has 1 aromatic heterocycles. The van der Waals surface area contributed by atoms with Crippen LogP contribution in [-0.2, 0) is 0 Å². The van der Waals surface area contributed by atoms with Crippen molar-refractivity contribution in [3.63, 3.8) is 0 Å². The molecule has 19 heavy (non-hydrogen) atoms. The van der Waals surface area contributed by atoms with Crippen molar-refractivity contribution < 1.29 is 13.2 Å². The Labute approximate surface area is 108 Å². The first-order valence-corrected chi connectivity index (χ1v) is 5.61. The van der Waals surface area contributed by atoms with Crippen LogP contribution in [0.3, 0.4) is 0 Å². The van der Waals surface area contributed by atoms with Crippen LogP contribution in [0.5, 0.6) is 0 Å². The van der Waals surface area contributed by atoms with Crippen LogP contribution >= 0.6 is 0 Å². The van der Waals surface area contributed by atoms with Gasteiger partial charge in [-0.2, -0.15) is 0 Å². The molecule has 3 nitrogen and oxygen atoms in total. The number of pyridine rings is 1. The van der Waals surface area contributed by atoms with Gasteiger partial charge in [-0.15, -0.1) is 0 Å². The summed E-state index contributed by atoms with van der Waals surface area (Å²) in [6.07, 6.45) is 0. The maximum atomic E-state index is 13.5. The first-order valence-electron chi connectivity index (χ1n) is 5.61. The molecule has 1 unspecified atom stereocenters. The molecule has 1 heterocycles. The molecule has 0 amide bonds. The molecule has 100 valence electrons. The molecule has 2 rings (SSSR count). The molecular weight excluding hydrogens is 255 g/mol. The second kappa shape index (κ2) is 5.17. The van der Waals surface area contributed by atoms with Crippen LogP contribution in [0.2, 0.25) is 0 Å². The first-order chi connectivity index (χ1) is 8.99. The highest BCUT2D eigenvalue weighted by atomic mass is 19.1. The fourth-order valence-corrected chi connectivity index (χ4v) is 1.69. The highest BCUT2D eigenvalue weighted by Gasteiger charge is 2.15. The topological polar surface area (TPSA) is 50.9 Å². The molecule has 3 N–H and O–H groups in total. The molecule has 0 aliphatic carbocycles. The van der Waals surface area contributed by atoms with Gasteiger partial charge in [0, 0.05) is 11.6 Å². The van der Waals surface area contributed by atoms with E-state index in [1.165, 1.54) is 6.07 Å². The molecule has 0 saturated heterocycles. The number of nitrogens with one attached hydrogen (secondary N) is 1. The monoisotopic (exact) mass is 267 g/mol. The van der Waals surface area contributed by atoms with Gasteiger partial charge in [-0.05, 0) is 13.0 Å². The third kappa shape index (κ3) is 2.78. The Morgan fingerprint density at radius 2 is 1.79 bits per heavy atom. The van der Waals surface area contributed by atoms with Crippen LogP contribution in [0.1, 0.15) is 18.5 Å². The van der Waals surface area contributed by atoms with Gasteiger partial charge >= 0.3 is 0 Å². The summed E-state index contributed by atoms with van der Waals surface area (Å²) < 4.78 is 40.0. The number of rotatable bonds is 3. The van der Waals surface area contributed by atoms with E-state index in [0.29, 0.717) is 11.6 Å². The van der Waals surface area contributed by atoms with Crippen LogP contribution in [0, 0.1) is 17.5 Å². The van der Waals surface area contributed by atoms with E-state index in [-0.39, 0.29) is 5.82 Å². The van der Waals surface area contributed by atoms with Crippen LogP contribution < -0.4 is 11.1 Å². The van der Waals surface area contributed by atoms with Gasteiger partial charge in [-0.3, -0.25) is 0 Å². The molecule has 0 spiro atoms. The van der Waals surface area contributed by atoms with Gasteiger partial charge in [-0.25, -0.2) is 18.2 Å². The number of nitrogen functional groups attached to an aromatic ring is 1. The number of hydrogen-bond donors (Lipinski definition) is 2. The molecule has 6 heteroatoms. The summed E-state index contributed by atoms with van der Waals surface area (Å²) in [5.41, 5.74) is 5.62. The smallest absolute Gasteiger partial charge is 0.168 e. The van der Waals surface area contributed by atoms with Gasteiger partial charge in [0.15, 0.2) is 23.3 Å². The second-order valence-electron chi connectivity index (χ2n) is 4.07. The van der Waals surface area contributed by atoms with E-state index in [2.05, 4.69) is 10.3 Å². The summed E-state index contributed by atoms with van der Waals surface area (Å²) in [6, 6.07) is 6.19. The predicted octanol–water partition coefficient (Wildman–Crippen LogP) is 3.25. The Morgan fingerprint density at radius 1 is 1.11 bits per heavy atom. The predicted molar refractivity (Wildman–Crippen MR) is 67.0 cm³/mol. The summed E-state index contributed by atoms with van der Waals surface area (Å²) >= 11 is 0. The number of halogens is 3. The molecule has 1 atom stereocenters. The lowest BCUT2D eigenvalue weighted by Gasteiger charge is -2.16. The number of aromatic nitrogens is 1. The minimum Gasteiger partial charge on any atom is -0.381 e. The third-order valence-corrected chi connectivity index (χ3v) is 2.68. The largest absolute Gasteiger partial charge is 0.381 e. The molecule has 2 aromatic rings. The number of nitrogens with zero attached hydrogens (tertiary/aromatic N) is 1. The minimum atomic E-state index is -0.929. The lowest BCUT2D eigenvalue weighted by molar-refractivity contribution is 0.574. The molecule has 0 bridgehead atoms. The lowest BCUT2D eigenvalue weighted by Crippen LogP contribution is -2.12. The quantitative estimate of drug-likeness (QED) is 0.897. The summed E-state index contributed by atoms with van der Waals surface area (Å²) in [6.45, 7) is 1.64. The van der Waals surface area contributed by atoms with Crippen molar-refractivity contribution in [2.45, 2.75) is 13.0 Å². The van der Waals surface area contributed by atoms with Crippen LogP contribution in [0.4, 0.5) is 24.8 Å². The average Bonchev–Trinajstić information content (AvgIpc) is 2.36. The Kier molecular flexibility index (Phi) is 3.59. The Balaban J connectivity index is 2.27. The fraction of sp³-hybridized carbons (Fsp3) is 0.154. The average molecular weight is 267 g/mol. The SMILES string of the molecule is CC(Nc1nc(N)c(F)cc1F)c1ccccc1F. The highest BCUT2D eigenvalue weighted by molar-refractivity contribution is 5.46. The van der Waals surface area contributed by atoms with Crippen LogP contribution in [0.25, 0.3) is 0 Å². The van der Waals surface area contributed by atoms with E-state index in [9.17, 15) is 13.2 Å². The van der Waals surface area contributed by atoms with Gasteiger partial charge in [0.2, 0.25) is 0 Å². The van der Waals surface area contributed by atoms with Crippen molar-refractivity contribution in [1.82, 2.24) is 4.98 Å². The zero-order chi connectivity index (χ0) is 14.0. The van der Waals surface area contributed by atoms with Crippen molar-refractivity contribution in [1.29, 1.82) is 0 Å². The Hall–Kier alpha value is -2.24. The van der Waals surface area contributed by atoms with Crippen LogP contribution in [0.15, 0.2) is 30.3 Å². The zero-order valence-corrected chi connectivity index (χ0v) is 10.1. The van der Waals surface area contributed by atoms with E-state index in [1.54, 1.807) is 25.1 Å². The molecular formula is C13H12F3N3. The number of nitrogens with two attached hydrogens (primary N) is 1. The Morgan fingerprint density at radius 3 is 2.47 bits per heavy atom. The maximum Gasteiger partial charge on any atom is 0.168 e. The van der Waals surface area contributed by atoms with Gasteiger partial charge < -0.3 is 11.1 Å². The van der Waals surface area contributed by atoms with Gasteiger partial charge in [0.1, 0.15) is 5.82 Å². The molecule has 0 aliphatic rings. The first kappa shape index (κ1) is 13.2. The summed E-state index contributed by atoms with van der Waals surface area (Å²) in [7, 11) is 0. The van der Waals surface area contributed by atoms with Crippen molar-refractivity contribution in [3.8, 4) is 0 Å². The van der Waals surface area contributed by atoms with Crippen molar-refractivity contribution in [2.75, 3.05) is 11.1 Å². The van der Waals surface area contributed by atoms with E-state index in [0.717, 1.165) is 0 Å². The van der Waals surface area contributed by atoms with E-state index in [4.69, 9.17) is 5.73 Å². The van der Waals surface area contributed by atoms with Crippen LogP contribution in [-0.4, -0.2) is 4.98 Å². The standard InChI is InChI=1S/C13H12F3N3/c1-7(8-4-2-3-5-9(8)14)18-13-11(16)6-10(15)12(17)19-13/h2-7H,1H3,(H3,17,18,19). The fourth-order valence-electron chi connectivity index (χ4n) is 1.69. The molecule has 0 fully saturated rings. The lowest BCUT2D eigenvalue weighted by atomic mass is 10.1. The van der Waals surface area contributed by atoms with Crippen molar-refractivity contribution in [2.24, 2.45) is 0 Å². The summed E-state index contributed by atoms with van der Waals surface area (Å²) in [5.74, 6) is -2.85. The van der Waals surface area contributed by atoms with Gasteiger partial charge in [0.05, 0.1) is 6.04 Å². The normalized spacial score (nSPS) is 12.2. The highest BCUT2D eigenvalue weighted by Crippen LogP contribution is 2.23. The maximum absolute atomic E-state index is 13.5. The summed E-state index contributed by atoms with van der Waals surface area (Å²) in [4.78, 5) is 3.56. The Bertz CT molecular complexity index is 602. The number of benzene rings is 1. The van der Waals surface area contributed by atoms with Crippen molar-refractivity contribution >= 4 is 11.6 Å². The van der Waals surface area contributed by atoms with Gasteiger partial charge in [-0.1, -0.05) is 18.2 Å². The number of anilines is 2. The zero-order valence-electron chi connectivity index (χ0n) is 10.1. The molecule has 0 saturated carbocycles. The van der Waals surface area contributed by atoms with E-state index < -0.39 is 29.3 Å². The third-order valence-electron chi connectivity index (χ3n) is 2.68. The second-order valence-corrected chi connectivity index (χ2v) is 4.07. The van der Waals surface area contributed by atoms with Crippen molar-refractivity contribution in [3.05, 3.63) is 53.3 Å². The molecule has 1 aromatic carbocycles. The summed E-state index contributed by atoms with van der Waals surface area (Å²) in [5, 5.41) is 2.66. The number of hydrogen-bond acceptors (Lipinski definition) is 3. The van der Waals surface area contributed by atoms with E-state index >= 15 is 0 Å².